The molecule has 17 aliphatic carbocycles. The van der Waals surface area contributed by atoms with E-state index >= 15 is 0 Å². The van der Waals surface area contributed by atoms with Gasteiger partial charge in [-0.15, -0.1) is 0 Å². The lowest BCUT2D eigenvalue weighted by atomic mass is 9.41. The highest BCUT2D eigenvalue weighted by Gasteiger charge is 2.89. The predicted octanol–water partition coefficient (Wildman–Crippen LogP) is 8.69. The van der Waals surface area contributed by atoms with E-state index in [1.54, 1.807) is 51.4 Å². The van der Waals surface area contributed by atoms with Crippen molar-refractivity contribution in [3.05, 3.63) is 35.4 Å². The molecule has 0 amide bonds. The van der Waals surface area contributed by atoms with Crippen molar-refractivity contribution >= 4 is 0 Å². The minimum atomic E-state index is 0.992. The quantitative estimate of drug-likeness (QED) is 0.278. The summed E-state index contributed by atoms with van der Waals surface area (Å²) in [5.74, 6) is 38.2. The SMILES string of the molecule is c1ccc2c(c1)C1C2C2C3CCC4C5CCC6C7CCC8C9CCC%10C1C1C2C2C3C4C3C5C6C4C7C8C5C9C%10C1C1C5C4C3C21. The lowest BCUT2D eigenvalue weighted by Gasteiger charge is -2.63. The van der Waals surface area contributed by atoms with Gasteiger partial charge in [0.15, 0.2) is 0 Å². The number of rotatable bonds is 0. The third-order valence-corrected chi connectivity index (χ3v) is 24.9. The van der Waals surface area contributed by atoms with E-state index in [4.69, 9.17) is 0 Å². The molecule has 0 nitrogen and oxygen atoms in total. The lowest BCUT2D eigenvalue weighted by Crippen LogP contribution is -2.59. The average Bonchev–Trinajstić information content (AvgIpc) is 3.90. The van der Waals surface area contributed by atoms with Crippen LogP contribution in [-0.4, -0.2) is 0 Å². The van der Waals surface area contributed by atoms with Gasteiger partial charge in [0.05, 0.1) is 0 Å². The normalized spacial score (nSPS) is 80.8. The molecule has 0 bridgehead atoms. The molecule has 0 heteroatoms. The van der Waals surface area contributed by atoms with Gasteiger partial charge in [-0.3, -0.25) is 0 Å². The van der Waals surface area contributed by atoms with Gasteiger partial charge in [0.2, 0.25) is 0 Å². The summed E-state index contributed by atoms with van der Waals surface area (Å²) in [6.07, 6.45) is 13.6. The standard InChI is InChI=1S/C46H52/c1-2-4-14-13(3-1)23-24(14)32-22-12-10-20-18-8-6-16-15-5-7-17-19-9-11-21-31(23)38-39(32)41-34(22)30(20)37-28(18)26(16)35-25(15)27(17)36-29(19)33(21)40(38)45-43(36)42(35)44(37)46(41)45/h1-4,15-46H,5-12H2. The van der Waals surface area contributed by atoms with E-state index < -0.39 is 0 Å². The molecule has 0 radical (unpaired) electrons. The maximum absolute atomic E-state index is 2.69. The fourth-order valence-corrected chi connectivity index (χ4v) is 26.7. The molecule has 0 aliphatic heterocycles. The summed E-state index contributed by atoms with van der Waals surface area (Å²) in [6, 6.07) is 10.3. The minimum Gasteiger partial charge on any atom is -0.0620 e. The molecule has 0 heterocycles. The van der Waals surface area contributed by atoms with Gasteiger partial charge in [0.25, 0.3) is 0 Å². The Morgan fingerprint density at radius 1 is 0.239 bits per heavy atom. The second-order valence-corrected chi connectivity index (χ2v) is 23.0. The highest BCUT2D eigenvalue weighted by Crippen LogP contribution is 2.94. The Morgan fingerprint density at radius 3 is 0.783 bits per heavy atom. The van der Waals surface area contributed by atoms with E-state index in [9.17, 15) is 0 Å². The second kappa shape index (κ2) is 6.44. The van der Waals surface area contributed by atoms with Crippen molar-refractivity contribution in [3.63, 3.8) is 0 Å². The van der Waals surface area contributed by atoms with Crippen LogP contribution in [-0.2, 0) is 0 Å². The monoisotopic (exact) mass is 604 g/mol. The van der Waals surface area contributed by atoms with Gasteiger partial charge in [0.1, 0.15) is 0 Å². The molecule has 30 unspecified atom stereocenters. The van der Waals surface area contributed by atoms with Gasteiger partial charge in [-0.1, -0.05) is 24.3 Å². The van der Waals surface area contributed by atoms with Crippen molar-refractivity contribution in [1.82, 2.24) is 0 Å². The largest absolute Gasteiger partial charge is 0.0620 e. The third-order valence-electron chi connectivity index (χ3n) is 24.9. The zero-order valence-corrected chi connectivity index (χ0v) is 27.4. The summed E-state index contributed by atoms with van der Waals surface area (Å²) in [6.45, 7) is 0. The molecular formula is C46H52. The summed E-state index contributed by atoms with van der Waals surface area (Å²) >= 11 is 0. The van der Waals surface area contributed by atoms with Crippen molar-refractivity contribution in [2.24, 2.45) is 178 Å². The first-order valence-corrected chi connectivity index (χ1v) is 22.0. The first kappa shape index (κ1) is 22.8. The Hall–Kier alpha value is -0.780. The Bertz CT molecular complexity index is 1610. The number of hydrogen-bond donors (Lipinski definition) is 0. The summed E-state index contributed by atoms with van der Waals surface area (Å²) in [4.78, 5) is 0. The van der Waals surface area contributed by atoms with Crippen LogP contribution in [0.1, 0.15) is 74.3 Å². The lowest BCUT2D eigenvalue weighted by molar-refractivity contribution is -0.151. The Balaban J connectivity index is 0.995. The molecule has 0 aromatic heterocycles. The van der Waals surface area contributed by atoms with E-state index in [1.165, 1.54) is 154 Å². The molecule has 18 rings (SSSR count). The molecule has 0 saturated heterocycles. The molecule has 1 aromatic rings. The van der Waals surface area contributed by atoms with Crippen LogP contribution in [0.4, 0.5) is 0 Å². The molecule has 16 fully saturated rings. The summed E-state index contributed by atoms with van der Waals surface area (Å²) in [5.41, 5.74) is 3.83. The van der Waals surface area contributed by atoms with Gasteiger partial charge in [-0.05, 0) is 252 Å². The molecule has 0 spiro atoms. The average molecular weight is 605 g/mol. The molecular weight excluding hydrogens is 553 g/mol. The van der Waals surface area contributed by atoms with E-state index in [1.807, 2.05) is 11.1 Å². The van der Waals surface area contributed by atoms with Gasteiger partial charge < -0.3 is 0 Å². The van der Waals surface area contributed by atoms with Crippen LogP contribution < -0.4 is 0 Å². The fraction of sp³-hybridized carbons (Fsp3) is 0.870. The van der Waals surface area contributed by atoms with E-state index in [-0.39, 0.29) is 0 Å². The zero-order chi connectivity index (χ0) is 28.1. The zero-order valence-electron chi connectivity index (χ0n) is 27.4. The van der Waals surface area contributed by atoms with Crippen molar-refractivity contribution in [3.8, 4) is 0 Å². The fourth-order valence-electron chi connectivity index (χ4n) is 26.7. The van der Waals surface area contributed by atoms with Crippen LogP contribution in [0.2, 0.25) is 0 Å². The Kier molecular flexibility index (Phi) is 3.20. The first-order chi connectivity index (χ1) is 22.9. The van der Waals surface area contributed by atoms with Crippen LogP contribution in [0.3, 0.4) is 0 Å². The van der Waals surface area contributed by atoms with Crippen LogP contribution in [0.5, 0.6) is 0 Å². The maximum Gasteiger partial charge on any atom is -0.00533 e. The van der Waals surface area contributed by atoms with E-state index in [0.29, 0.717) is 0 Å². The molecule has 1 aromatic carbocycles. The van der Waals surface area contributed by atoms with Gasteiger partial charge in [-0.25, -0.2) is 0 Å². The highest BCUT2D eigenvalue weighted by molar-refractivity contribution is 5.50. The van der Waals surface area contributed by atoms with Gasteiger partial charge in [0, 0.05) is 0 Å². The predicted molar refractivity (Wildman–Crippen MR) is 174 cm³/mol. The van der Waals surface area contributed by atoms with Crippen molar-refractivity contribution in [2.75, 3.05) is 0 Å². The van der Waals surface area contributed by atoms with Gasteiger partial charge in [-0.2, -0.15) is 0 Å². The smallest absolute Gasteiger partial charge is 0.00533 e. The Labute approximate surface area is 275 Å². The molecule has 0 N–H and O–H groups in total. The summed E-state index contributed by atoms with van der Waals surface area (Å²) in [5, 5.41) is 0. The van der Waals surface area contributed by atoms with Gasteiger partial charge >= 0.3 is 0 Å². The van der Waals surface area contributed by atoms with E-state index in [0.717, 1.165) is 35.5 Å². The van der Waals surface area contributed by atoms with Crippen LogP contribution >= 0.6 is 0 Å². The molecule has 236 valence electrons. The number of benzene rings is 1. The van der Waals surface area contributed by atoms with Crippen LogP contribution in [0, 0.1) is 178 Å². The second-order valence-electron chi connectivity index (χ2n) is 23.0. The number of fused-ring (bicyclic) bond motifs is 11. The maximum atomic E-state index is 2.69. The molecule has 46 heavy (non-hydrogen) atoms. The van der Waals surface area contributed by atoms with Crippen molar-refractivity contribution < 1.29 is 0 Å². The summed E-state index contributed by atoms with van der Waals surface area (Å²) in [7, 11) is 0. The molecule has 30 atom stereocenters. The Morgan fingerprint density at radius 2 is 0.457 bits per heavy atom. The molecule has 17 aliphatic rings. The van der Waals surface area contributed by atoms with Crippen molar-refractivity contribution in [1.29, 1.82) is 0 Å². The first-order valence-electron chi connectivity index (χ1n) is 22.0. The van der Waals surface area contributed by atoms with Crippen LogP contribution in [0.15, 0.2) is 24.3 Å². The minimum absolute atomic E-state index is 0.992. The third kappa shape index (κ3) is 1.74. The number of hydrogen-bond acceptors (Lipinski definition) is 0. The van der Waals surface area contributed by atoms with Crippen molar-refractivity contribution in [2.45, 2.75) is 63.2 Å². The summed E-state index contributed by atoms with van der Waals surface area (Å²) < 4.78 is 0. The van der Waals surface area contributed by atoms with E-state index in [2.05, 4.69) is 24.3 Å². The topological polar surface area (TPSA) is 0 Å². The highest BCUT2D eigenvalue weighted by atomic mass is 14.9. The van der Waals surface area contributed by atoms with Crippen LogP contribution in [0.25, 0.3) is 0 Å². The molecule has 16 saturated carbocycles.